The third-order valence-corrected chi connectivity index (χ3v) is 6.49. The summed E-state index contributed by atoms with van der Waals surface area (Å²) in [6.07, 6.45) is 8.92. The SMILES string of the molecule is NC(=S)CN(C1CCCC1)C1CCOC2(CCSC2)C1. The molecule has 3 fully saturated rings. The van der Waals surface area contributed by atoms with Gasteiger partial charge < -0.3 is 10.5 Å². The van der Waals surface area contributed by atoms with Crippen LogP contribution in [0.1, 0.15) is 44.9 Å². The summed E-state index contributed by atoms with van der Waals surface area (Å²) in [4.78, 5) is 3.28. The maximum atomic E-state index is 6.16. The summed E-state index contributed by atoms with van der Waals surface area (Å²) in [5, 5.41) is 0. The molecule has 0 radical (unpaired) electrons. The van der Waals surface area contributed by atoms with Gasteiger partial charge in [0, 0.05) is 31.0 Å². The van der Waals surface area contributed by atoms with Gasteiger partial charge in [0.25, 0.3) is 0 Å². The van der Waals surface area contributed by atoms with Gasteiger partial charge in [0.1, 0.15) is 0 Å². The summed E-state index contributed by atoms with van der Waals surface area (Å²) in [6.45, 7) is 1.71. The van der Waals surface area contributed by atoms with Gasteiger partial charge in [0.15, 0.2) is 0 Å². The average molecular weight is 315 g/mol. The third kappa shape index (κ3) is 3.32. The van der Waals surface area contributed by atoms with Crippen molar-refractivity contribution in [1.29, 1.82) is 0 Å². The molecule has 3 aliphatic rings. The fourth-order valence-electron chi connectivity index (χ4n) is 4.12. The smallest absolute Gasteiger partial charge is 0.0870 e. The van der Waals surface area contributed by atoms with E-state index < -0.39 is 0 Å². The Labute approximate surface area is 132 Å². The molecule has 0 aromatic carbocycles. The molecule has 2 N–H and O–H groups in total. The van der Waals surface area contributed by atoms with Gasteiger partial charge in [-0.05, 0) is 37.9 Å². The number of thiocarbonyl (C=S) groups is 1. The Morgan fingerprint density at radius 2 is 2.10 bits per heavy atom. The molecule has 0 amide bonds. The van der Waals surface area contributed by atoms with Crippen molar-refractivity contribution in [2.75, 3.05) is 24.7 Å². The Morgan fingerprint density at radius 1 is 1.30 bits per heavy atom. The zero-order valence-corrected chi connectivity index (χ0v) is 13.8. The molecule has 2 atom stereocenters. The predicted octanol–water partition coefficient (Wildman–Crippen LogP) is 2.57. The predicted molar refractivity (Wildman–Crippen MR) is 89.4 cm³/mol. The van der Waals surface area contributed by atoms with Crippen molar-refractivity contribution in [2.24, 2.45) is 5.73 Å². The van der Waals surface area contributed by atoms with Gasteiger partial charge in [-0.25, -0.2) is 0 Å². The summed E-state index contributed by atoms with van der Waals surface area (Å²) in [5.41, 5.74) is 6.02. The fourth-order valence-corrected chi connectivity index (χ4v) is 5.65. The van der Waals surface area contributed by atoms with E-state index in [2.05, 4.69) is 4.90 Å². The van der Waals surface area contributed by atoms with Crippen molar-refractivity contribution in [3.05, 3.63) is 0 Å². The van der Waals surface area contributed by atoms with Crippen LogP contribution in [0.4, 0.5) is 0 Å². The number of ether oxygens (including phenoxy) is 1. The van der Waals surface area contributed by atoms with Crippen LogP contribution in [0, 0.1) is 0 Å². The number of nitrogens with two attached hydrogens (primary N) is 1. The molecule has 114 valence electrons. The summed E-state index contributed by atoms with van der Waals surface area (Å²) < 4.78 is 6.16. The topological polar surface area (TPSA) is 38.5 Å². The molecule has 3 nitrogen and oxygen atoms in total. The number of nitrogens with zero attached hydrogens (tertiary/aromatic N) is 1. The molecule has 2 saturated heterocycles. The number of hydrogen-bond acceptors (Lipinski definition) is 4. The van der Waals surface area contributed by atoms with Gasteiger partial charge in [-0.3, -0.25) is 4.90 Å². The highest BCUT2D eigenvalue weighted by Crippen LogP contribution is 2.40. The zero-order chi connectivity index (χ0) is 14.0. The summed E-state index contributed by atoms with van der Waals surface area (Å²) in [5.74, 6) is 2.43. The number of thioether (sulfide) groups is 1. The Balaban J connectivity index is 1.70. The monoisotopic (exact) mass is 314 g/mol. The molecular formula is C15H26N2OS2. The van der Waals surface area contributed by atoms with E-state index in [1.807, 2.05) is 11.8 Å². The van der Waals surface area contributed by atoms with Crippen molar-refractivity contribution in [2.45, 2.75) is 62.6 Å². The second kappa shape index (κ2) is 6.51. The minimum Gasteiger partial charge on any atom is -0.392 e. The first-order valence-electron chi connectivity index (χ1n) is 7.94. The maximum Gasteiger partial charge on any atom is 0.0870 e. The standard InChI is InChI=1S/C15H26N2OS2/c16-14(19)10-17(12-3-1-2-4-12)13-5-7-18-15(9-13)6-8-20-11-15/h12-13H,1-11H2,(H2,16,19). The van der Waals surface area contributed by atoms with Crippen LogP contribution < -0.4 is 5.73 Å². The highest BCUT2D eigenvalue weighted by Gasteiger charge is 2.43. The highest BCUT2D eigenvalue weighted by atomic mass is 32.2. The molecule has 1 saturated carbocycles. The van der Waals surface area contributed by atoms with E-state index in [4.69, 9.17) is 22.7 Å². The second-order valence-electron chi connectivity index (χ2n) is 6.56. The lowest BCUT2D eigenvalue weighted by Crippen LogP contribution is -2.53. The molecule has 1 spiro atoms. The van der Waals surface area contributed by atoms with Gasteiger partial charge >= 0.3 is 0 Å². The molecule has 2 unspecified atom stereocenters. The lowest BCUT2D eigenvalue weighted by atomic mass is 9.88. The van der Waals surface area contributed by atoms with Crippen molar-refractivity contribution in [3.8, 4) is 0 Å². The number of rotatable bonds is 4. The molecule has 5 heteroatoms. The number of hydrogen-bond donors (Lipinski definition) is 1. The Bertz CT molecular complexity index is 352. The van der Waals surface area contributed by atoms with E-state index >= 15 is 0 Å². The van der Waals surface area contributed by atoms with Crippen LogP contribution in [0.5, 0.6) is 0 Å². The molecule has 0 aromatic rings. The van der Waals surface area contributed by atoms with Crippen LogP contribution in [-0.2, 0) is 4.74 Å². The van der Waals surface area contributed by atoms with Crippen LogP contribution in [0.3, 0.4) is 0 Å². The van der Waals surface area contributed by atoms with Crippen LogP contribution in [0.15, 0.2) is 0 Å². The van der Waals surface area contributed by atoms with Crippen LogP contribution in [0.2, 0.25) is 0 Å². The van der Waals surface area contributed by atoms with Crippen molar-refractivity contribution in [3.63, 3.8) is 0 Å². The molecule has 0 aromatic heterocycles. The van der Waals surface area contributed by atoms with Crippen LogP contribution in [0.25, 0.3) is 0 Å². The first-order valence-corrected chi connectivity index (χ1v) is 9.51. The molecule has 2 aliphatic heterocycles. The molecular weight excluding hydrogens is 288 g/mol. The minimum atomic E-state index is 0.153. The lowest BCUT2D eigenvalue weighted by Gasteiger charge is -2.44. The van der Waals surface area contributed by atoms with Gasteiger partial charge in [-0.2, -0.15) is 11.8 Å². The molecule has 0 bridgehead atoms. The fraction of sp³-hybridized carbons (Fsp3) is 0.933. The molecule has 1 aliphatic carbocycles. The molecule has 2 heterocycles. The summed E-state index contributed by atoms with van der Waals surface area (Å²) in [6, 6.07) is 1.32. The summed E-state index contributed by atoms with van der Waals surface area (Å²) >= 11 is 7.25. The Kier molecular flexibility index (Phi) is 4.90. The average Bonchev–Trinajstić information content (AvgIpc) is 3.08. The van der Waals surface area contributed by atoms with E-state index in [0.717, 1.165) is 19.6 Å². The van der Waals surface area contributed by atoms with Gasteiger partial charge in [0.05, 0.1) is 10.6 Å². The van der Waals surface area contributed by atoms with E-state index in [0.29, 0.717) is 17.1 Å². The first kappa shape index (κ1) is 15.1. The normalized spacial score (nSPS) is 35.1. The third-order valence-electron chi connectivity index (χ3n) is 5.14. The van der Waals surface area contributed by atoms with E-state index in [9.17, 15) is 0 Å². The van der Waals surface area contributed by atoms with Crippen LogP contribution >= 0.6 is 24.0 Å². The maximum absolute atomic E-state index is 6.16. The summed E-state index contributed by atoms with van der Waals surface area (Å²) in [7, 11) is 0. The highest BCUT2D eigenvalue weighted by molar-refractivity contribution is 7.99. The van der Waals surface area contributed by atoms with Gasteiger partial charge in [-0.15, -0.1) is 0 Å². The van der Waals surface area contributed by atoms with Gasteiger partial charge in [-0.1, -0.05) is 25.1 Å². The second-order valence-corrected chi connectivity index (χ2v) is 8.19. The zero-order valence-electron chi connectivity index (χ0n) is 12.2. The largest absolute Gasteiger partial charge is 0.392 e. The molecule has 3 rings (SSSR count). The molecule has 20 heavy (non-hydrogen) atoms. The Morgan fingerprint density at radius 3 is 2.75 bits per heavy atom. The van der Waals surface area contributed by atoms with Crippen molar-refractivity contribution < 1.29 is 4.74 Å². The Hall–Kier alpha value is 0.160. The lowest BCUT2D eigenvalue weighted by molar-refractivity contribution is -0.0926. The van der Waals surface area contributed by atoms with Crippen LogP contribution in [-0.4, -0.2) is 52.2 Å². The van der Waals surface area contributed by atoms with E-state index in [1.165, 1.54) is 50.0 Å². The quantitative estimate of drug-likeness (QED) is 0.808. The van der Waals surface area contributed by atoms with E-state index in [-0.39, 0.29) is 5.60 Å². The van der Waals surface area contributed by atoms with Crippen molar-refractivity contribution in [1.82, 2.24) is 4.90 Å². The van der Waals surface area contributed by atoms with E-state index in [1.54, 1.807) is 0 Å². The van der Waals surface area contributed by atoms with Gasteiger partial charge in [0.2, 0.25) is 0 Å². The minimum absolute atomic E-state index is 0.153. The first-order chi connectivity index (χ1) is 9.69. The van der Waals surface area contributed by atoms with Crippen molar-refractivity contribution >= 4 is 29.0 Å².